The van der Waals surface area contributed by atoms with Gasteiger partial charge >= 0.3 is 5.97 Å². The van der Waals surface area contributed by atoms with Crippen molar-refractivity contribution in [3.8, 4) is 17.0 Å². The van der Waals surface area contributed by atoms with Crippen LogP contribution in [0.15, 0.2) is 53.9 Å². The van der Waals surface area contributed by atoms with E-state index in [9.17, 15) is 14.0 Å². The number of esters is 1. The molecule has 0 unspecified atom stereocenters. The van der Waals surface area contributed by atoms with E-state index in [1.165, 1.54) is 30.6 Å². The van der Waals surface area contributed by atoms with Gasteiger partial charge in [0.15, 0.2) is 11.7 Å². The molecule has 27 heavy (non-hydrogen) atoms. The van der Waals surface area contributed by atoms with Crippen LogP contribution in [0, 0.1) is 5.82 Å². The summed E-state index contributed by atoms with van der Waals surface area (Å²) in [4.78, 5) is 28.1. The summed E-state index contributed by atoms with van der Waals surface area (Å²) in [7, 11) is 1.53. The number of halogens is 1. The quantitative estimate of drug-likeness (QED) is 0.653. The summed E-state index contributed by atoms with van der Waals surface area (Å²) < 4.78 is 23.0. The zero-order chi connectivity index (χ0) is 19.2. The maximum atomic E-state index is 13.0. The van der Waals surface area contributed by atoms with Gasteiger partial charge in [-0.3, -0.25) is 10.1 Å². The summed E-state index contributed by atoms with van der Waals surface area (Å²) in [6, 6.07) is 12.2. The summed E-state index contributed by atoms with van der Waals surface area (Å²) in [5, 5.41) is 4.67. The molecule has 0 radical (unpaired) electrons. The van der Waals surface area contributed by atoms with E-state index in [0.717, 1.165) is 5.56 Å². The molecular weight excluding hydrogens is 371 g/mol. The molecule has 0 fully saturated rings. The molecule has 0 saturated heterocycles. The van der Waals surface area contributed by atoms with Gasteiger partial charge in [-0.2, -0.15) is 0 Å². The Kier molecular flexibility index (Phi) is 5.77. The minimum absolute atomic E-state index is 0.316. The van der Waals surface area contributed by atoms with Gasteiger partial charge in [-0.25, -0.2) is 14.2 Å². The van der Waals surface area contributed by atoms with Crippen LogP contribution >= 0.6 is 11.3 Å². The number of nitrogens with one attached hydrogen (secondary N) is 1. The predicted molar refractivity (Wildman–Crippen MR) is 99.4 cm³/mol. The highest BCUT2D eigenvalue weighted by molar-refractivity contribution is 7.14. The molecule has 138 valence electrons. The summed E-state index contributed by atoms with van der Waals surface area (Å²) in [6.45, 7) is -0.434. The van der Waals surface area contributed by atoms with Crippen molar-refractivity contribution in [3.05, 3.63) is 65.3 Å². The number of aromatic nitrogens is 1. The summed E-state index contributed by atoms with van der Waals surface area (Å²) in [6.07, 6.45) is 0. The number of anilines is 1. The maximum Gasteiger partial charge on any atom is 0.338 e. The van der Waals surface area contributed by atoms with Crippen LogP contribution in [-0.2, 0) is 9.53 Å². The first kappa shape index (κ1) is 18.5. The average molecular weight is 386 g/mol. The van der Waals surface area contributed by atoms with E-state index < -0.39 is 18.5 Å². The molecule has 0 spiro atoms. The summed E-state index contributed by atoms with van der Waals surface area (Å²) in [5.74, 6) is -0.831. The van der Waals surface area contributed by atoms with Gasteiger partial charge < -0.3 is 9.47 Å². The molecule has 1 N–H and O–H groups in total. The SMILES string of the molecule is COc1ccc(C(=O)OCC(=O)Nc2nc(-c3ccc(F)cc3)cs2)cc1. The van der Waals surface area contributed by atoms with E-state index in [1.54, 1.807) is 41.8 Å². The third-order valence-electron chi connectivity index (χ3n) is 3.55. The Balaban J connectivity index is 1.53. The van der Waals surface area contributed by atoms with Crippen LogP contribution in [0.4, 0.5) is 9.52 Å². The Labute approximate surface area is 158 Å². The van der Waals surface area contributed by atoms with Crippen LogP contribution < -0.4 is 10.1 Å². The van der Waals surface area contributed by atoms with Crippen LogP contribution in [0.5, 0.6) is 5.75 Å². The van der Waals surface area contributed by atoms with Gasteiger partial charge in [0.2, 0.25) is 0 Å². The monoisotopic (exact) mass is 386 g/mol. The topological polar surface area (TPSA) is 77.5 Å². The Bertz CT molecular complexity index is 939. The predicted octanol–water partition coefficient (Wildman–Crippen LogP) is 3.75. The zero-order valence-electron chi connectivity index (χ0n) is 14.3. The maximum absolute atomic E-state index is 13.0. The first-order valence-electron chi connectivity index (χ1n) is 7.87. The van der Waals surface area contributed by atoms with Gasteiger partial charge in [-0.05, 0) is 48.5 Å². The third-order valence-corrected chi connectivity index (χ3v) is 4.31. The Hall–Kier alpha value is -3.26. The average Bonchev–Trinajstić information content (AvgIpc) is 3.15. The number of benzene rings is 2. The van der Waals surface area contributed by atoms with E-state index in [-0.39, 0.29) is 5.82 Å². The number of methoxy groups -OCH3 is 1. The normalized spacial score (nSPS) is 10.3. The third kappa shape index (κ3) is 4.89. The van der Waals surface area contributed by atoms with E-state index in [2.05, 4.69) is 10.3 Å². The fourth-order valence-corrected chi connectivity index (χ4v) is 2.92. The highest BCUT2D eigenvalue weighted by atomic mass is 32.1. The van der Waals surface area contributed by atoms with Crippen LogP contribution in [0.3, 0.4) is 0 Å². The largest absolute Gasteiger partial charge is 0.497 e. The molecule has 6 nitrogen and oxygen atoms in total. The van der Waals surface area contributed by atoms with Crippen molar-refractivity contribution in [2.24, 2.45) is 0 Å². The van der Waals surface area contributed by atoms with E-state index in [0.29, 0.717) is 22.1 Å². The van der Waals surface area contributed by atoms with Gasteiger partial charge in [-0.15, -0.1) is 11.3 Å². The van der Waals surface area contributed by atoms with Crippen molar-refractivity contribution in [2.45, 2.75) is 0 Å². The fourth-order valence-electron chi connectivity index (χ4n) is 2.18. The molecule has 0 saturated carbocycles. The lowest BCUT2D eigenvalue weighted by Gasteiger charge is -2.05. The summed E-state index contributed by atoms with van der Waals surface area (Å²) in [5.41, 5.74) is 1.67. The molecule has 1 aromatic heterocycles. The minimum atomic E-state index is -0.612. The molecule has 3 aromatic rings. The van der Waals surface area contributed by atoms with Crippen molar-refractivity contribution >= 4 is 28.3 Å². The molecule has 0 aliphatic heterocycles. The number of amides is 1. The zero-order valence-corrected chi connectivity index (χ0v) is 15.1. The number of carbonyl (C=O) groups is 2. The van der Waals surface area contributed by atoms with Gasteiger partial charge in [0.25, 0.3) is 5.91 Å². The molecule has 0 aliphatic carbocycles. The molecule has 1 amide bonds. The lowest BCUT2D eigenvalue weighted by Crippen LogP contribution is -2.20. The van der Waals surface area contributed by atoms with Crippen LogP contribution in [0.2, 0.25) is 0 Å². The lowest BCUT2D eigenvalue weighted by molar-refractivity contribution is -0.119. The van der Waals surface area contributed by atoms with E-state index in [4.69, 9.17) is 9.47 Å². The number of nitrogens with zero attached hydrogens (tertiary/aromatic N) is 1. The van der Waals surface area contributed by atoms with Crippen LogP contribution in [0.1, 0.15) is 10.4 Å². The molecule has 3 rings (SSSR count). The van der Waals surface area contributed by atoms with Crippen molar-refractivity contribution in [2.75, 3.05) is 19.0 Å². The van der Waals surface area contributed by atoms with Gasteiger partial charge in [0.05, 0.1) is 18.4 Å². The van der Waals surface area contributed by atoms with Crippen molar-refractivity contribution in [1.82, 2.24) is 4.98 Å². The van der Waals surface area contributed by atoms with Crippen LogP contribution in [0.25, 0.3) is 11.3 Å². The number of hydrogen-bond acceptors (Lipinski definition) is 6. The second kappa shape index (κ2) is 8.41. The number of ether oxygens (including phenoxy) is 2. The Morgan fingerprint density at radius 1 is 1.11 bits per heavy atom. The van der Waals surface area contributed by atoms with Gasteiger partial charge in [0.1, 0.15) is 11.6 Å². The number of rotatable bonds is 6. The fraction of sp³-hybridized carbons (Fsp3) is 0.105. The number of carbonyl (C=O) groups excluding carboxylic acids is 2. The molecule has 8 heteroatoms. The lowest BCUT2D eigenvalue weighted by atomic mass is 10.2. The smallest absolute Gasteiger partial charge is 0.338 e. The first-order valence-corrected chi connectivity index (χ1v) is 8.75. The van der Waals surface area contributed by atoms with Gasteiger partial charge in [0, 0.05) is 10.9 Å². The van der Waals surface area contributed by atoms with E-state index >= 15 is 0 Å². The van der Waals surface area contributed by atoms with E-state index in [1.807, 2.05) is 0 Å². The second-order valence-electron chi connectivity index (χ2n) is 5.40. The molecule has 2 aromatic carbocycles. The Morgan fingerprint density at radius 2 is 1.81 bits per heavy atom. The molecule has 0 aliphatic rings. The van der Waals surface area contributed by atoms with Crippen LogP contribution in [-0.4, -0.2) is 30.6 Å². The molecule has 1 heterocycles. The number of thiazole rings is 1. The van der Waals surface area contributed by atoms with Crippen molar-refractivity contribution in [3.63, 3.8) is 0 Å². The van der Waals surface area contributed by atoms with Gasteiger partial charge in [-0.1, -0.05) is 0 Å². The number of hydrogen-bond donors (Lipinski definition) is 1. The first-order chi connectivity index (χ1) is 13.0. The molecular formula is C19H15FN2O4S. The summed E-state index contributed by atoms with van der Waals surface area (Å²) >= 11 is 1.22. The standard InChI is InChI=1S/C19H15FN2O4S/c1-25-15-8-4-13(5-9-15)18(24)26-10-17(23)22-19-21-16(11-27-19)12-2-6-14(20)7-3-12/h2-9,11H,10H2,1H3,(H,21,22,23). The second-order valence-corrected chi connectivity index (χ2v) is 6.26. The minimum Gasteiger partial charge on any atom is -0.497 e. The Morgan fingerprint density at radius 3 is 2.48 bits per heavy atom. The highest BCUT2D eigenvalue weighted by Gasteiger charge is 2.12. The van der Waals surface area contributed by atoms with Crippen molar-refractivity contribution in [1.29, 1.82) is 0 Å². The highest BCUT2D eigenvalue weighted by Crippen LogP contribution is 2.25. The molecule has 0 bridgehead atoms. The van der Waals surface area contributed by atoms with Crippen molar-refractivity contribution < 1.29 is 23.5 Å². The molecule has 0 atom stereocenters.